The van der Waals surface area contributed by atoms with Crippen LogP contribution in [0.15, 0.2) is 53.6 Å². The molecular formula is C21H20ClN2O4-. The second-order valence-electron chi connectivity index (χ2n) is 6.51. The Morgan fingerprint density at radius 3 is 2.43 bits per heavy atom. The molecule has 0 aliphatic carbocycles. The molecule has 0 unspecified atom stereocenters. The Morgan fingerprint density at radius 2 is 1.82 bits per heavy atom. The fraction of sp³-hybridized carbons (Fsp3) is 0.286. The lowest BCUT2D eigenvalue weighted by Gasteiger charge is -2.22. The summed E-state index contributed by atoms with van der Waals surface area (Å²) in [4.78, 5) is 23.3. The minimum Gasteiger partial charge on any atom is -0.550 e. The largest absolute Gasteiger partial charge is 0.550 e. The quantitative estimate of drug-likeness (QED) is 0.716. The first-order valence-corrected chi connectivity index (χ1v) is 9.35. The molecule has 1 aliphatic heterocycles. The SMILES string of the molecule is COc1ccc(C2=NN(C(=O)CCCC(=O)[O-])[C@H](c3ccc(Cl)cc3)C2)cc1. The first-order valence-electron chi connectivity index (χ1n) is 8.97. The van der Waals surface area contributed by atoms with Gasteiger partial charge in [0.1, 0.15) is 5.75 Å². The highest BCUT2D eigenvalue weighted by Gasteiger charge is 2.32. The first-order chi connectivity index (χ1) is 13.5. The third-order valence-electron chi connectivity index (χ3n) is 4.62. The second kappa shape index (κ2) is 8.89. The van der Waals surface area contributed by atoms with Gasteiger partial charge in [0.05, 0.1) is 18.9 Å². The number of methoxy groups -OCH3 is 1. The Bertz CT molecular complexity index is 878. The molecule has 3 rings (SSSR count). The number of hydrogen-bond donors (Lipinski definition) is 0. The highest BCUT2D eigenvalue weighted by atomic mass is 35.5. The number of benzene rings is 2. The molecule has 1 atom stereocenters. The van der Waals surface area contributed by atoms with Crippen molar-refractivity contribution in [3.05, 3.63) is 64.7 Å². The zero-order valence-electron chi connectivity index (χ0n) is 15.4. The van der Waals surface area contributed by atoms with Crippen LogP contribution in [-0.2, 0) is 9.59 Å². The van der Waals surface area contributed by atoms with Crippen LogP contribution >= 0.6 is 11.6 Å². The Labute approximate surface area is 168 Å². The van der Waals surface area contributed by atoms with Crippen molar-refractivity contribution < 1.29 is 19.4 Å². The van der Waals surface area contributed by atoms with E-state index >= 15 is 0 Å². The van der Waals surface area contributed by atoms with E-state index in [0.29, 0.717) is 11.4 Å². The average Bonchev–Trinajstić information content (AvgIpc) is 3.14. The van der Waals surface area contributed by atoms with Gasteiger partial charge in [0.2, 0.25) is 5.91 Å². The van der Waals surface area contributed by atoms with Crippen LogP contribution in [0.25, 0.3) is 0 Å². The summed E-state index contributed by atoms with van der Waals surface area (Å²) >= 11 is 5.99. The molecule has 0 radical (unpaired) electrons. The summed E-state index contributed by atoms with van der Waals surface area (Å²) < 4.78 is 5.19. The Morgan fingerprint density at radius 1 is 1.14 bits per heavy atom. The minimum atomic E-state index is -1.16. The lowest BCUT2D eigenvalue weighted by atomic mass is 9.98. The van der Waals surface area contributed by atoms with Crippen molar-refractivity contribution in [2.45, 2.75) is 31.7 Å². The molecule has 2 aromatic rings. The molecule has 0 bridgehead atoms. The number of carbonyl (C=O) groups excluding carboxylic acids is 2. The molecule has 2 aromatic carbocycles. The minimum absolute atomic E-state index is 0.0947. The van der Waals surface area contributed by atoms with Crippen LogP contribution in [0.3, 0.4) is 0 Å². The maximum absolute atomic E-state index is 12.7. The van der Waals surface area contributed by atoms with E-state index in [0.717, 1.165) is 22.6 Å². The molecule has 7 heteroatoms. The lowest BCUT2D eigenvalue weighted by Crippen LogP contribution is -2.28. The van der Waals surface area contributed by atoms with Crippen LogP contribution in [0.5, 0.6) is 5.75 Å². The fourth-order valence-electron chi connectivity index (χ4n) is 3.14. The van der Waals surface area contributed by atoms with Crippen LogP contribution in [0.2, 0.25) is 5.02 Å². The third-order valence-corrected chi connectivity index (χ3v) is 4.87. The van der Waals surface area contributed by atoms with E-state index in [4.69, 9.17) is 16.3 Å². The predicted octanol–water partition coefficient (Wildman–Crippen LogP) is 2.95. The fourth-order valence-corrected chi connectivity index (χ4v) is 3.27. The molecule has 28 heavy (non-hydrogen) atoms. The summed E-state index contributed by atoms with van der Waals surface area (Å²) in [6, 6.07) is 14.6. The van der Waals surface area contributed by atoms with Gasteiger partial charge in [-0.2, -0.15) is 5.10 Å². The van der Waals surface area contributed by atoms with Gasteiger partial charge in [0.15, 0.2) is 0 Å². The van der Waals surface area contributed by atoms with Crippen LogP contribution in [0, 0.1) is 0 Å². The average molecular weight is 400 g/mol. The maximum Gasteiger partial charge on any atom is 0.243 e. The van der Waals surface area contributed by atoms with E-state index in [1.165, 1.54) is 5.01 Å². The summed E-state index contributed by atoms with van der Waals surface area (Å²) in [6.07, 6.45) is 0.719. The standard InChI is InChI=1S/C21H21ClN2O4/c1-28-17-11-7-14(8-12-17)18-13-19(15-5-9-16(22)10-6-15)24(23-18)20(25)3-2-4-21(26)27/h5-12,19H,2-4,13H2,1H3,(H,26,27)/p-1/t19-/m0/s1. The van der Waals surface area contributed by atoms with E-state index in [1.54, 1.807) is 19.2 Å². The predicted molar refractivity (Wildman–Crippen MR) is 104 cm³/mol. The number of carboxylic acids is 1. The van der Waals surface area contributed by atoms with Gasteiger partial charge >= 0.3 is 0 Å². The Kier molecular flexibility index (Phi) is 6.31. The van der Waals surface area contributed by atoms with Crippen molar-refractivity contribution in [1.29, 1.82) is 0 Å². The van der Waals surface area contributed by atoms with E-state index < -0.39 is 5.97 Å². The number of halogens is 1. The van der Waals surface area contributed by atoms with E-state index in [1.807, 2.05) is 36.4 Å². The van der Waals surface area contributed by atoms with Crippen LogP contribution in [0.1, 0.15) is 42.9 Å². The summed E-state index contributed by atoms with van der Waals surface area (Å²) in [5.41, 5.74) is 2.62. The van der Waals surface area contributed by atoms with Crippen molar-refractivity contribution >= 4 is 29.2 Å². The molecule has 146 valence electrons. The summed E-state index contributed by atoms with van der Waals surface area (Å²) in [5, 5.41) is 17.3. The molecule has 1 aliphatic rings. The summed E-state index contributed by atoms with van der Waals surface area (Å²) in [6.45, 7) is 0. The van der Waals surface area contributed by atoms with Crippen LogP contribution in [0.4, 0.5) is 0 Å². The number of hydrazone groups is 1. The highest BCUT2D eigenvalue weighted by molar-refractivity contribution is 6.30. The monoisotopic (exact) mass is 399 g/mol. The molecule has 0 saturated carbocycles. The molecule has 6 nitrogen and oxygen atoms in total. The molecule has 0 fully saturated rings. The zero-order valence-corrected chi connectivity index (χ0v) is 16.2. The number of amides is 1. The number of rotatable bonds is 7. The van der Waals surface area contributed by atoms with Crippen molar-refractivity contribution in [2.24, 2.45) is 5.10 Å². The summed E-state index contributed by atoms with van der Waals surface area (Å²) in [7, 11) is 1.60. The molecule has 0 aromatic heterocycles. The van der Waals surface area contributed by atoms with Crippen LogP contribution < -0.4 is 9.84 Å². The van der Waals surface area contributed by atoms with Gasteiger partial charge in [-0.05, 0) is 60.4 Å². The Balaban J connectivity index is 1.84. The number of carbonyl (C=O) groups is 2. The molecule has 0 spiro atoms. The van der Waals surface area contributed by atoms with Gasteiger partial charge in [0.25, 0.3) is 0 Å². The molecule has 0 N–H and O–H groups in total. The maximum atomic E-state index is 12.7. The number of aliphatic carboxylic acids is 1. The normalized spacial score (nSPS) is 16.0. The van der Waals surface area contributed by atoms with Gasteiger partial charge in [-0.15, -0.1) is 0 Å². The van der Waals surface area contributed by atoms with E-state index in [2.05, 4.69) is 5.10 Å². The number of carboxylic acid groups (broad SMARTS) is 1. The number of ether oxygens (including phenoxy) is 1. The van der Waals surface area contributed by atoms with E-state index in [9.17, 15) is 14.7 Å². The molecular weight excluding hydrogens is 380 g/mol. The highest BCUT2D eigenvalue weighted by Crippen LogP contribution is 2.34. The molecule has 1 amide bonds. The van der Waals surface area contributed by atoms with Gasteiger partial charge in [-0.1, -0.05) is 23.7 Å². The van der Waals surface area contributed by atoms with Crippen LogP contribution in [-0.4, -0.2) is 29.7 Å². The van der Waals surface area contributed by atoms with Crippen molar-refractivity contribution in [3.8, 4) is 5.75 Å². The lowest BCUT2D eigenvalue weighted by molar-refractivity contribution is -0.305. The van der Waals surface area contributed by atoms with Crippen molar-refractivity contribution in [2.75, 3.05) is 7.11 Å². The van der Waals surface area contributed by atoms with Crippen molar-refractivity contribution in [3.63, 3.8) is 0 Å². The third kappa shape index (κ3) is 4.70. The topological polar surface area (TPSA) is 82.0 Å². The van der Waals surface area contributed by atoms with Gasteiger partial charge < -0.3 is 14.6 Å². The number of nitrogens with zero attached hydrogens (tertiary/aromatic N) is 2. The van der Waals surface area contributed by atoms with Gasteiger partial charge in [0, 0.05) is 23.8 Å². The zero-order chi connectivity index (χ0) is 20.1. The van der Waals surface area contributed by atoms with E-state index in [-0.39, 0.29) is 31.2 Å². The smallest absolute Gasteiger partial charge is 0.243 e. The van der Waals surface area contributed by atoms with Gasteiger partial charge in [-0.3, -0.25) is 4.79 Å². The second-order valence-corrected chi connectivity index (χ2v) is 6.95. The molecule has 0 saturated heterocycles. The van der Waals surface area contributed by atoms with Crippen molar-refractivity contribution in [1.82, 2.24) is 5.01 Å². The molecule has 1 heterocycles. The Hall–Kier alpha value is -2.86. The van der Waals surface area contributed by atoms with Gasteiger partial charge in [-0.25, -0.2) is 5.01 Å². The first kappa shape index (κ1) is 19.9. The summed E-state index contributed by atoms with van der Waals surface area (Å²) in [5.74, 6) is -0.637. The number of hydrogen-bond acceptors (Lipinski definition) is 5.